The molecule has 13 heavy (non-hydrogen) atoms. The molecule has 0 radical (unpaired) electrons. The molecule has 0 unspecified atom stereocenters. The van der Waals surface area contributed by atoms with Crippen LogP contribution in [0.3, 0.4) is 0 Å². The maximum Gasteiger partial charge on any atom is 0.327 e. The predicted molar refractivity (Wildman–Crippen MR) is 54.6 cm³/mol. The van der Waals surface area contributed by atoms with E-state index in [1.807, 2.05) is 6.08 Å². The van der Waals surface area contributed by atoms with Crippen molar-refractivity contribution in [1.29, 1.82) is 0 Å². The predicted octanol–water partition coefficient (Wildman–Crippen LogP) is 3.01. The van der Waals surface area contributed by atoms with Crippen molar-refractivity contribution in [3.8, 4) is 0 Å². The lowest BCUT2D eigenvalue weighted by atomic mass is 9.84. The van der Waals surface area contributed by atoms with Crippen molar-refractivity contribution >= 4 is 5.97 Å². The van der Waals surface area contributed by atoms with Crippen LogP contribution in [-0.4, -0.2) is 11.1 Å². The van der Waals surface area contributed by atoms with Gasteiger partial charge in [-0.1, -0.05) is 26.0 Å². The third kappa shape index (κ3) is 7.32. The molecular formula is C11H18O2. The van der Waals surface area contributed by atoms with Crippen LogP contribution in [0.25, 0.3) is 0 Å². The van der Waals surface area contributed by atoms with Crippen molar-refractivity contribution in [2.24, 2.45) is 5.41 Å². The zero-order valence-electron chi connectivity index (χ0n) is 8.42. The van der Waals surface area contributed by atoms with Crippen LogP contribution < -0.4 is 0 Å². The van der Waals surface area contributed by atoms with Gasteiger partial charge in [0, 0.05) is 6.08 Å². The molecule has 2 heteroatoms. The summed E-state index contributed by atoms with van der Waals surface area (Å²) in [5.41, 5.74) is 0.167. The molecule has 0 aliphatic rings. The van der Waals surface area contributed by atoms with Gasteiger partial charge in [0.25, 0.3) is 0 Å². The second kappa shape index (κ2) is 5.57. The fraction of sp³-hybridized carbons (Fsp3) is 0.545. The van der Waals surface area contributed by atoms with Gasteiger partial charge in [0.2, 0.25) is 0 Å². The van der Waals surface area contributed by atoms with Crippen molar-refractivity contribution < 1.29 is 9.90 Å². The number of carboxylic acids is 1. The average molecular weight is 182 g/mol. The fourth-order valence-electron chi connectivity index (χ4n) is 1.07. The summed E-state index contributed by atoms with van der Waals surface area (Å²) in [4.78, 5) is 10.2. The quantitative estimate of drug-likeness (QED) is 0.506. The van der Waals surface area contributed by atoms with E-state index in [2.05, 4.69) is 20.4 Å². The molecule has 0 aromatic rings. The zero-order valence-corrected chi connectivity index (χ0v) is 8.42. The number of carbonyl (C=O) groups is 1. The van der Waals surface area contributed by atoms with Crippen molar-refractivity contribution in [1.82, 2.24) is 0 Å². The lowest BCUT2D eigenvalue weighted by Crippen LogP contribution is -2.09. The highest BCUT2D eigenvalue weighted by atomic mass is 16.4. The summed E-state index contributed by atoms with van der Waals surface area (Å²) >= 11 is 0. The summed E-state index contributed by atoms with van der Waals surface area (Å²) in [5, 5.41) is 8.38. The van der Waals surface area contributed by atoms with Crippen LogP contribution in [-0.2, 0) is 4.79 Å². The van der Waals surface area contributed by atoms with E-state index in [4.69, 9.17) is 5.11 Å². The lowest BCUT2D eigenvalue weighted by molar-refractivity contribution is -0.131. The van der Waals surface area contributed by atoms with Gasteiger partial charge in [-0.25, -0.2) is 4.79 Å². The highest BCUT2D eigenvalue weighted by Crippen LogP contribution is 2.27. The topological polar surface area (TPSA) is 37.3 Å². The molecule has 0 rings (SSSR count). The highest BCUT2D eigenvalue weighted by Gasteiger charge is 2.14. The van der Waals surface area contributed by atoms with E-state index in [0.717, 1.165) is 19.3 Å². The molecule has 1 N–H and O–H groups in total. The minimum atomic E-state index is -0.875. The van der Waals surface area contributed by atoms with Crippen LogP contribution >= 0.6 is 0 Å². The second-order valence-corrected chi connectivity index (χ2v) is 3.94. The van der Waals surface area contributed by atoms with E-state index in [1.165, 1.54) is 6.08 Å². The monoisotopic (exact) mass is 182 g/mol. The van der Waals surface area contributed by atoms with Crippen molar-refractivity contribution in [3.63, 3.8) is 0 Å². The summed E-state index contributed by atoms with van der Waals surface area (Å²) in [5.74, 6) is -0.875. The Morgan fingerprint density at radius 1 is 1.54 bits per heavy atom. The Bertz CT molecular complexity index is 202. The lowest BCUT2D eigenvalue weighted by Gasteiger charge is -2.21. The molecule has 0 aliphatic heterocycles. The van der Waals surface area contributed by atoms with Gasteiger partial charge in [0.05, 0.1) is 0 Å². The Balaban J connectivity index is 3.87. The normalized spacial score (nSPS) is 11.8. The number of hydrogen-bond acceptors (Lipinski definition) is 1. The standard InChI is InChI=1S/C11H18O2/c1-4-5-8-11(2,3)9-6-7-10(12)13/h4,6-7H,1,5,8-9H2,2-3H3,(H,12,13)/b7-6+. The first kappa shape index (κ1) is 11.9. The van der Waals surface area contributed by atoms with Gasteiger partial charge in [-0.3, -0.25) is 0 Å². The van der Waals surface area contributed by atoms with Crippen LogP contribution in [0.15, 0.2) is 24.8 Å². The molecule has 0 atom stereocenters. The van der Waals surface area contributed by atoms with Crippen molar-refractivity contribution in [2.45, 2.75) is 33.1 Å². The Labute approximate surface area is 80.0 Å². The molecule has 2 nitrogen and oxygen atoms in total. The first-order valence-electron chi connectivity index (χ1n) is 4.48. The van der Waals surface area contributed by atoms with Crippen LogP contribution in [0, 0.1) is 5.41 Å². The van der Waals surface area contributed by atoms with Crippen LogP contribution in [0.5, 0.6) is 0 Å². The molecule has 0 saturated carbocycles. The zero-order chi connectivity index (χ0) is 10.3. The Hall–Kier alpha value is -1.05. The third-order valence-electron chi connectivity index (χ3n) is 1.96. The number of aliphatic carboxylic acids is 1. The van der Waals surface area contributed by atoms with E-state index >= 15 is 0 Å². The molecule has 0 aromatic heterocycles. The molecule has 0 saturated heterocycles. The van der Waals surface area contributed by atoms with Gasteiger partial charge >= 0.3 is 5.97 Å². The Kier molecular flexibility index (Phi) is 5.12. The number of carboxylic acid groups (broad SMARTS) is 1. The SMILES string of the molecule is C=CCCC(C)(C)C/C=C/C(=O)O. The van der Waals surface area contributed by atoms with Gasteiger partial charge in [-0.2, -0.15) is 0 Å². The van der Waals surface area contributed by atoms with Crippen LogP contribution in [0.2, 0.25) is 0 Å². The minimum absolute atomic E-state index is 0.167. The summed E-state index contributed by atoms with van der Waals surface area (Å²) in [6.45, 7) is 7.92. The van der Waals surface area contributed by atoms with E-state index < -0.39 is 5.97 Å². The molecule has 0 aliphatic carbocycles. The number of hydrogen-bond donors (Lipinski definition) is 1. The second-order valence-electron chi connectivity index (χ2n) is 3.94. The van der Waals surface area contributed by atoms with Gasteiger partial charge in [0.15, 0.2) is 0 Å². The van der Waals surface area contributed by atoms with E-state index in [0.29, 0.717) is 0 Å². The summed E-state index contributed by atoms with van der Waals surface area (Å²) in [6.07, 6.45) is 7.63. The van der Waals surface area contributed by atoms with Crippen molar-refractivity contribution in [3.05, 3.63) is 24.8 Å². The van der Waals surface area contributed by atoms with Crippen LogP contribution in [0.4, 0.5) is 0 Å². The molecule has 0 spiro atoms. The molecule has 0 bridgehead atoms. The first-order valence-corrected chi connectivity index (χ1v) is 4.48. The fourth-order valence-corrected chi connectivity index (χ4v) is 1.07. The highest BCUT2D eigenvalue weighted by molar-refractivity contribution is 5.79. The molecule has 0 amide bonds. The molecule has 74 valence electrons. The molecular weight excluding hydrogens is 164 g/mol. The summed E-state index contributed by atoms with van der Waals surface area (Å²) in [7, 11) is 0. The molecule has 0 aromatic carbocycles. The van der Waals surface area contributed by atoms with E-state index in [1.54, 1.807) is 6.08 Å². The Morgan fingerprint density at radius 2 is 2.15 bits per heavy atom. The van der Waals surface area contributed by atoms with Gasteiger partial charge < -0.3 is 5.11 Å². The maximum absolute atomic E-state index is 10.2. The minimum Gasteiger partial charge on any atom is -0.478 e. The van der Waals surface area contributed by atoms with Gasteiger partial charge in [-0.05, 0) is 24.7 Å². The third-order valence-corrected chi connectivity index (χ3v) is 1.96. The summed E-state index contributed by atoms with van der Waals surface area (Å²) < 4.78 is 0. The Morgan fingerprint density at radius 3 is 2.62 bits per heavy atom. The molecule has 0 heterocycles. The number of rotatable bonds is 6. The molecule has 0 fully saturated rings. The van der Waals surface area contributed by atoms with Gasteiger partial charge in [0.1, 0.15) is 0 Å². The first-order chi connectivity index (χ1) is 5.98. The van der Waals surface area contributed by atoms with Crippen LogP contribution in [0.1, 0.15) is 33.1 Å². The van der Waals surface area contributed by atoms with Crippen molar-refractivity contribution in [2.75, 3.05) is 0 Å². The largest absolute Gasteiger partial charge is 0.478 e. The van der Waals surface area contributed by atoms with E-state index in [9.17, 15) is 4.79 Å². The van der Waals surface area contributed by atoms with Gasteiger partial charge in [-0.15, -0.1) is 6.58 Å². The number of allylic oxidation sites excluding steroid dienone is 2. The van der Waals surface area contributed by atoms with E-state index in [-0.39, 0.29) is 5.41 Å². The smallest absolute Gasteiger partial charge is 0.327 e. The maximum atomic E-state index is 10.2. The average Bonchev–Trinajstić information content (AvgIpc) is 2.00. The summed E-state index contributed by atoms with van der Waals surface area (Å²) in [6, 6.07) is 0.